The minimum atomic E-state index is -3.06. The van der Waals surface area contributed by atoms with Crippen LogP contribution in [0.25, 0.3) is 0 Å². The predicted molar refractivity (Wildman–Crippen MR) is 85.1 cm³/mol. The highest BCUT2D eigenvalue weighted by Gasteiger charge is 2.40. The summed E-state index contributed by atoms with van der Waals surface area (Å²) in [5, 5.41) is 13.4. The highest BCUT2D eigenvalue weighted by atomic mass is 32.2. The Morgan fingerprint density at radius 1 is 1.24 bits per heavy atom. The smallest absolute Gasteiger partial charge is 0.153 e. The molecule has 1 atom stereocenters. The Hall–Kier alpha value is -0.910. The van der Waals surface area contributed by atoms with Crippen molar-refractivity contribution in [3.8, 4) is 0 Å². The molecule has 0 saturated carbocycles. The zero-order valence-corrected chi connectivity index (χ0v) is 13.8. The van der Waals surface area contributed by atoms with Crippen molar-refractivity contribution in [3.05, 3.63) is 35.4 Å². The average Bonchev–Trinajstić information content (AvgIpc) is 2.63. The van der Waals surface area contributed by atoms with Gasteiger partial charge in [-0.2, -0.15) is 0 Å². The fourth-order valence-electron chi connectivity index (χ4n) is 2.60. The molecule has 1 unspecified atom stereocenters. The number of aliphatic hydroxyl groups is 1. The molecule has 1 aliphatic rings. The van der Waals surface area contributed by atoms with Crippen LogP contribution in [0.4, 0.5) is 0 Å². The summed E-state index contributed by atoms with van der Waals surface area (Å²) in [7, 11) is -3.06. The van der Waals surface area contributed by atoms with Crippen molar-refractivity contribution in [2.75, 3.05) is 18.1 Å². The third kappa shape index (κ3) is 4.53. The quantitative estimate of drug-likeness (QED) is 0.887. The van der Waals surface area contributed by atoms with Crippen LogP contribution < -0.4 is 5.32 Å². The van der Waals surface area contributed by atoms with Crippen molar-refractivity contribution in [2.45, 2.75) is 44.8 Å². The topological polar surface area (TPSA) is 66.4 Å². The summed E-state index contributed by atoms with van der Waals surface area (Å²) in [4.78, 5) is 0. The van der Waals surface area contributed by atoms with Gasteiger partial charge >= 0.3 is 0 Å². The van der Waals surface area contributed by atoms with Crippen LogP contribution in [-0.2, 0) is 21.8 Å². The molecule has 2 N–H and O–H groups in total. The first kappa shape index (κ1) is 16.5. The molecule has 118 valence electrons. The van der Waals surface area contributed by atoms with Crippen molar-refractivity contribution < 1.29 is 13.5 Å². The molecule has 1 fully saturated rings. The van der Waals surface area contributed by atoms with Crippen molar-refractivity contribution >= 4 is 9.84 Å². The molecule has 5 heteroatoms. The highest BCUT2D eigenvalue weighted by Crippen LogP contribution is 2.23. The summed E-state index contributed by atoms with van der Waals surface area (Å²) in [6, 6.07) is 8.38. The third-order valence-corrected chi connectivity index (χ3v) is 5.77. The lowest BCUT2D eigenvalue weighted by atomic mass is 9.87. The summed E-state index contributed by atoms with van der Waals surface area (Å²) in [5.74, 6) is -0.0403. The van der Waals surface area contributed by atoms with Gasteiger partial charge in [0.1, 0.15) is 0 Å². The van der Waals surface area contributed by atoms with Crippen molar-refractivity contribution in [2.24, 2.45) is 0 Å². The molecule has 0 amide bonds. The second-order valence-electron chi connectivity index (χ2n) is 7.12. The first-order valence-electron chi connectivity index (χ1n) is 7.33. The van der Waals surface area contributed by atoms with E-state index in [-0.39, 0.29) is 16.9 Å². The number of benzene rings is 1. The largest absolute Gasteiger partial charge is 0.387 e. The van der Waals surface area contributed by atoms with Crippen LogP contribution in [0.1, 0.15) is 38.3 Å². The first-order chi connectivity index (χ1) is 9.60. The van der Waals surface area contributed by atoms with Crippen LogP contribution in [0.5, 0.6) is 0 Å². The number of nitrogens with one attached hydrogen (secondary N) is 1. The number of hydrogen-bond donors (Lipinski definition) is 2. The maximum atomic E-state index is 11.4. The number of sulfone groups is 1. The van der Waals surface area contributed by atoms with E-state index in [1.807, 2.05) is 0 Å². The number of hydrogen-bond acceptors (Lipinski definition) is 4. The molecule has 21 heavy (non-hydrogen) atoms. The summed E-state index contributed by atoms with van der Waals surface area (Å²) in [5.41, 5.74) is 1.45. The van der Waals surface area contributed by atoms with E-state index in [4.69, 9.17) is 0 Å². The molecule has 2 rings (SSSR count). The van der Waals surface area contributed by atoms with Gasteiger partial charge in [0.15, 0.2) is 9.84 Å². The van der Waals surface area contributed by atoms with E-state index < -0.39 is 15.4 Å². The molecule has 0 aliphatic carbocycles. The van der Waals surface area contributed by atoms with Gasteiger partial charge in [-0.1, -0.05) is 45.0 Å². The van der Waals surface area contributed by atoms with Crippen LogP contribution in [0, 0.1) is 0 Å². The first-order valence-corrected chi connectivity index (χ1v) is 9.15. The van der Waals surface area contributed by atoms with Gasteiger partial charge in [-0.05, 0) is 23.0 Å². The fourth-order valence-corrected chi connectivity index (χ4v) is 4.50. The lowest BCUT2D eigenvalue weighted by molar-refractivity contribution is 0.0670. The van der Waals surface area contributed by atoms with Gasteiger partial charge in [-0.15, -0.1) is 0 Å². The standard InChI is InChI=1S/C16H25NO3S/c1-15(2,3)14-6-4-13(5-7-14)10-17-11-16(18)8-9-21(19,20)12-16/h4-7,17-18H,8-12H2,1-3H3. The van der Waals surface area contributed by atoms with E-state index in [9.17, 15) is 13.5 Å². The Kier molecular flexibility index (Phi) is 4.47. The Morgan fingerprint density at radius 2 is 1.86 bits per heavy atom. The van der Waals surface area contributed by atoms with Crippen LogP contribution >= 0.6 is 0 Å². The van der Waals surface area contributed by atoms with Crippen LogP contribution in [0.2, 0.25) is 0 Å². The highest BCUT2D eigenvalue weighted by molar-refractivity contribution is 7.91. The van der Waals surface area contributed by atoms with Crippen molar-refractivity contribution in [1.29, 1.82) is 0 Å². The summed E-state index contributed by atoms with van der Waals surface area (Å²) in [6.07, 6.45) is 0.325. The van der Waals surface area contributed by atoms with Crippen molar-refractivity contribution in [3.63, 3.8) is 0 Å². The zero-order chi connectivity index (χ0) is 15.7. The maximum Gasteiger partial charge on any atom is 0.153 e. The molecule has 0 spiro atoms. The molecular formula is C16H25NO3S. The average molecular weight is 311 g/mol. The van der Waals surface area contributed by atoms with Gasteiger partial charge in [-0.3, -0.25) is 0 Å². The normalized spacial score (nSPS) is 25.1. The summed E-state index contributed by atoms with van der Waals surface area (Å²) in [6.45, 7) is 7.48. The minimum Gasteiger partial charge on any atom is -0.387 e. The lowest BCUT2D eigenvalue weighted by Gasteiger charge is -2.21. The maximum absolute atomic E-state index is 11.4. The molecule has 0 aromatic heterocycles. The van der Waals surface area contributed by atoms with Crippen LogP contribution in [0.15, 0.2) is 24.3 Å². The van der Waals surface area contributed by atoms with Gasteiger partial charge < -0.3 is 10.4 Å². The third-order valence-electron chi connectivity index (χ3n) is 3.97. The van der Waals surface area contributed by atoms with Crippen LogP contribution in [-0.4, -0.2) is 37.2 Å². The predicted octanol–water partition coefficient (Wildman–Crippen LogP) is 1.62. The molecular weight excluding hydrogens is 286 g/mol. The second kappa shape index (κ2) is 5.71. The SMILES string of the molecule is CC(C)(C)c1ccc(CNCC2(O)CCS(=O)(=O)C2)cc1. The molecule has 1 heterocycles. The minimum absolute atomic E-state index is 0.0887. The lowest BCUT2D eigenvalue weighted by Crippen LogP contribution is -2.41. The second-order valence-corrected chi connectivity index (χ2v) is 9.30. The molecule has 1 aromatic carbocycles. The van der Waals surface area contributed by atoms with E-state index in [0.717, 1.165) is 5.56 Å². The Labute approximate surface area is 127 Å². The molecule has 1 saturated heterocycles. The van der Waals surface area contributed by atoms with Gasteiger partial charge in [0.2, 0.25) is 0 Å². The van der Waals surface area contributed by atoms with E-state index in [1.165, 1.54) is 5.56 Å². The monoisotopic (exact) mass is 311 g/mol. The summed E-state index contributed by atoms with van der Waals surface area (Å²) >= 11 is 0. The van der Waals surface area contributed by atoms with Gasteiger partial charge in [0.25, 0.3) is 0 Å². The Bertz CT molecular complexity index is 587. The fraction of sp³-hybridized carbons (Fsp3) is 0.625. The van der Waals surface area contributed by atoms with E-state index in [2.05, 4.69) is 50.4 Å². The molecule has 0 radical (unpaired) electrons. The van der Waals surface area contributed by atoms with Gasteiger partial charge in [0.05, 0.1) is 17.1 Å². The Morgan fingerprint density at radius 3 is 2.33 bits per heavy atom. The number of rotatable bonds is 4. The summed E-state index contributed by atoms with van der Waals surface area (Å²) < 4.78 is 22.8. The van der Waals surface area contributed by atoms with E-state index >= 15 is 0 Å². The zero-order valence-electron chi connectivity index (χ0n) is 13.0. The van der Waals surface area contributed by atoms with E-state index in [0.29, 0.717) is 19.5 Å². The van der Waals surface area contributed by atoms with Crippen molar-refractivity contribution in [1.82, 2.24) is 5.32 Å². The van der Waals surface area contributed by atoms with Gasteiger partial charge in [0, 0.05) is 13.1 Å². The van der Waals surface area contributed by atoms with Gasteiger partial charge in [-0.25, -0.2) is 8.42 Å². The van der Waals surface area contributed by atoms with Crippen LogP contribution in [0.3, 0.4) is 0 Å². The van der Waals surface area contributed by atoms with E-state index in [1.54, 1.807) is 0 Å². The molecule has 1 aliphatic heterocycles. The Balaban J connectivity index is 1.87. The molecule has 4 nitrogen and oxygen atoms in total. The molecule has 0 bridgehead atoms. The molecule has 1 aromatic rings.